The van der Waals surface area contributed by atoms with E-state index in [1.54, 1.807) is 0 Å². The Labute approximate surface area is 353 Å². The molecule has 0 saturated carbocycles. The fraction of sp³-hybridized carbons (Fsp3) is 0.955. The molecule has 0 aromatic rings. The summed E-state index contributed by atoms with van der Waals surface area (Å²) >= 11 is 0. The highest BCUT2D eigenvalue weighted by atomic mass is 16.7. The van der Waals surface area contributed by atoms with Crippen molar-refractivity contribution in [3.8, 4) is 0 Å². The van der Waals surface area contributed by atoms with Gasteiger partial charge in [-0.25, -0.2) is 0 Å². The van der Waals surface area contributed by atoms with Crippen molar-refractivity contribution in [3.05, 3.63) is 0 Å². The minimum absolute atomic E-state index is 0.172. The Hall–Kier alpha value is -1.50. The van der Waals surface area contributed by atoms with Gasteiger partial charge in [0.2, 0.25) is 0 Å². The quantitative estimate of drug-likeness (QED) is 0.0333. The van der Waals surface area contributed by atoms with Crippen LogP contribution in [0.2, 0.25) is 0 Å². The SMILES string of the molecule is CCCCCCCCCCCCCCCCCC(=O)O[C@H](COC(=O)CCCCCCCCCC)CO[C@@H]1O[C@H](CO[C@@H]2O[C@H](CO)[C@H](O)C(O)C2O)[C@H](O)C(O)C1O. The van der Waals surface area contributed by atoms with E-state index >= 15 is 0 Å². The Balaban J connectivity index is 1.83. The average molecular weight is 851 g/mol. The Morgan fingerprint density at radius 2 is 0.864 bits per heavy atom. The van der Waals surface area contributed by atoms with Crippen molar-refractivity contribution in [2.24, 2.45) is 0 Å². The maximum absolute atomic E-state index is 12.9. The van der Waals surface area contributed by atoms with Crippen molar-refractivity contribution in [2.45, 2.75) is 242 Å². The molecule has 0 amide bonds. The molecule has 11 atom stereocenters. The molecule has 2 fully saturated rings. The smallest absolute Gasteiger partial charge is 0.306 e. The summed E-state index contributed by atoms with van der Waals surface area (Å²) in [5.41, 5.74) is 0. The summed E-state index contributed by atoms with van der Waals surface area (Å²) in [5.74, 6) is -0.920. The van der Waals surface area contributed by atoms with Gasteiger partial charge in [0, 0.05) is 12.8 Å². The molecular formula is C44H82O15. The first-order chi connectivity index (χ1) is 28.5. The summed E-state index contributed by atoms with van der Waals surface area (Å²) in [5, 5.41) is 71.8. The van der Waals surface area contributed by atoms with Crippen molar-refractivity contribution in [1.82, 2.24) is 0 Å². The monoisotopic (exact) mass is 851 g/mol. The zero-order valence-corrected chi connectivity index (χ0v) is 36.3. The van der Waals surface area contributed by atoms with E-state index in [-0.39, 0.29) is 26.1 Å². The fourth-order valence-electron chi connectivity index (χ4n) is 7.45. The summed E-state index contributed by atoms with van der Waals surface area (Å²) in [7, 11) is 0. The molecule has 2 aliphatic heterocycles. The third-order valence-corrected chi connectivity index (χ3v) is 11.3. The Morgan fingerprint density at radius 3 is 1.32 bits per heavy atom. The van der Waals surface area contributed by atoms with Crippen LogP contribution in [-0.2, 0) is 38.0 Å². The lowest BCUT2D eigenvalue weighted by Crippen LogP contribution is -2.61. The van der Waals surface area contributed by atoms with Crippen molar-refractivity contribution >= 4 is 11.9 Å². The van der Waals surface area contributed by atoms with Gasteiger partial charge in [-0.15, -0.1) is 0 Å². The van der Waals surface area contributed by atoms with Crippen LogP contribution in [0.15, 0.2) is 0 Å². The maximum atomic E-state index is 12.9. The highest BCUT2D eigenvalue weighted by molar-refractivity contribution is 5.70. The van der Waals surface area contributed by atoms with E-state index in [0.717, 1.165) is 38.5 Å². The van der Waals surface area contributed by atoms with E-state index in [0.29, 0.717) is 12.8 Å². The van der Waals surface area contributed by atoms with E-state index in [1.165, 1.54) is 96.3 Å². The van der Waals surface area contributed by atoms with Gasteiger partial charge in [0.25, 0.3) is 0 Å². The molecule has 4 unspecified atom stereocenters. The fourth-order valence-corrected chi connectivity index (χ4v) is 7.45. The molecule has 0 aliphatic carbocycles. The molecular weight excluding hydrogens is 768 g/mol. The van der Waals surface area contributed by atoms with Crippen LogP contribution in [0.3, 0.4) is 0 Å². The molecule has 7 N–H and O–H groups in total. The molecule has 2 aliphatic rings. The molecule has 15 heteroatoms. The summed E-state index contributed by atoms with van der Waals surface area (Å²) < 4.78 is 33.4. The number of esters is 2. The molecule has 0 aromatic carbocycles. The molecule has 0 spiro atoms. The highest BCUT2D eigenvalue weighted by Crippen LogP contribution is 2.26. The lowest BCUT2D eigenvalue weighted by Gasteiger charge is -2.42. The van der Waals surface area contributed by atoms with Gasteiger partial charge in [-0.1, -0.05) is 149 Å². The second-order valence-electron chi connectivity index (χ2n) is 16.6. The van der Waals surface area contributed by atoms with Crippen LogP contribution in [0, 0.1) is 0 Å². The van der Waals surface area contributed by atoms with E-state index < -0.39 is 92.7 Å². The van der Waals surface area contributed by atoms with Crippen LogP contribution in [0.1, 0.15) is 174 Å². The number of rotatable bonds is 35. The number of carbonyl (C=O) groups is 2. The van der Waals surface area contributed by atoms with E-state index in [4.69, 9.17) is 28.4 Å². The number of hydrogen-bond donors (Lipinski definition) is 7. The second kappa shape index (κ2) is 33.1. The topological polar surface area (TPSA) is 231 Å². The van der Waals surface area contributed by atoms with Crippen molar-refractivity contribution in [1.29, 1.82) is 0 Å². The first-order valence-corrected chi connectivity index (χ1v) is 23.1. The van der Waals surface area contributed by atoms with Gasteiger partial charge >= 0.3 is 11.9 Å². The van der Waals surface area contributed by atoms with Gasteiger partial charge in [0.05, 0.1) is 19.8 Å². The number of ether oxygens (including phenoxy) is 6. The maximum Gasteiger partial charge on any atom is 0.306 e. The Morgan fingerprint density at radius 1 is 0.475 bits per heavy atom. The Kier molecular flexibility index (Phi) is 30.1. The van der Waals surface area contributed by atoms with Crippen LogP contribution in [0.25, 0.3) is 0 Å². The predicted molar refractivity (Wildman–Crippen MR) is 220 cm³/mol. The predicted octanol–water partition coefficient (Wildman–Crippen LogP) is 4.87. The molecule has 2 saturated heterocycles. The second-order valence-corrected chi connectivity index (χ2v) is 16.6. The van der Waals surface area contributed by atoms with Crippen LogP contribution in [-0.4, -0.2) is 142 Å². The Bertz CT molecular complexity index is 1050. The standard InChI is InChI=1S/C44H82O15/c1-3-5-7-9-11-13-14-15-16-17-18-19-21-23-25-27-36(47)57-32(29-54-35(46)26-24-22-20-12-10-8-6-4-2)30-55-43-42(53)40(51)38(49)34(59-43)31-56-44-41(52)39(50)37(48)33(28-45)58-44/h32-34,37-45,48-53H,3-31H2,1-2H3/t32-,33-,34-,37+,38+,39?,40?,41?,42?,43-,44-/m1/s1. The van der Waals surface area contributed by atoms with Gasteiger partial charge in [-0.2, -0.15) is 0 Å². The number of hydrogen-bond acceptors (Lipinski definition) is 15. The normalized spacial score (nSPS) is 27.7. The summed E-state index contributed by atoms with van der Waals surface area (Å²) in [6, 6.07) is 0. The largest absolute Gasteiger partial charge is 0.462 e. The van der Waals surface area contributed by atoms with Crippen LogP contribution < -0.4 is 0 Å². The number of aliphatic hydroxyl groups excluding tert-OH is 7. The van der Waals surface area contributed by atoms with E-state index in [1.807, 2.05) is 0 Å². The summed E-state index contributed by atoms with van der Waals surface area (Å²) in [6.07, 6.45) is 10.2. The van der Waals surface area contributed by atoms with E-state index in [9.17, 15) is 45.3 Å². The molecule has 348 valence electrons. The molecule has 0 bridgehead atoms. The lowest BCUT2D eigenvalue weighted by atomic mass is 9.98. The molecule has 2 rings (SSSR count). The third-order valence-electron chi connectivity index (χ3n) is 11.3. The minimum atomic E-state index is -1.76. The summed E-state index contributed by atoms with van der Waals surface area (Å²) in [6.45, 7) is 2.55. The molecule has 59 heavy (non-hydrogen) atoms. The first-order valence-electron chi connectivity index (χ1n) is 23.1. The lowest BCUT2D eigenvalue weighted by molar-refractivity contribution is -0.332. The van der Waals surface area contributed by atoms with Gasteiger partial charge in [-0.05, 0) is 12.8 Å². The zero-order valence-electron chi connectivity index (χ0n) is 36.3. The van der Waals surface area contributed by atoms with Crippen molar-refractivity contribution < 1.29 is 73.8 Å². The molecule has 0 radical (unpaired) electrons. The van der Waals surface area contributed by atoms with Crippen LogP contribution in [0.5, 0.6) is 0 Å². The number of carbonyl (C=O) groups excluding carboxylic acids is 2. The first kappa shape index (κ1) is 53.6. The molecule has 0 aromatic heterocycles. The van der Waals surface area contributed by atoms with E-state index in [2.05, 4.69) is 13.8 Å². The van der Waals surface area contributed by atoms with Crippen LogP contribution in [0.4, 0.5) is 0 Å². The van der Waals surface area contributed by atoms with Crippen molar-refractivity contribution in [2.75, 3.05) is 26.4 Å². The number of unbranched alkanes of at least 4 members (excludes halogenated alkanes) is 21. The minimum Gasteiger partial charge on any atom is -0.462 e. The van der Waals surface area contributed by atoms with Gasteiger partial charge < -0.3 is 64.2 Å². The zero-order chi connectivity index (χ0) is 43.3. The number of aliphatic hydroxyl groups is 7. The molecule has 15 nitrogen and oxygen atoms in total. The van der Waals surface area contributed by atoms with Crippen molar-refractivity contribution in [3.63, 3.8) is 0 Å². The van der Waals surface area contributed by atoms with Gasteiger partial charge in [0.1, 0.15) is 55.4 Å². The van der Waals surface area contributed by atoms with Crippen LogP contribution >= 0.6 is 0 Å². The highest BCUT2D eigenvalue weighted by Gasteiger charge is 2.47. The summed E-state index contributed by atoms with van der Waals surface area (Å²) in [4.78, 5) is 25.5. The van der Waals surface area contributed by atoms with Gasteiger partial charge in [-0.3, -0.25) is 9.59 Å². The average Bonchev–Trinajstić information content (AvgIpc) is 3.23. The molecule has 2 heterocycles. The van der Waals surface area contributed by atoms with Gasteiger partial charge in [0.15, 0.2) is 18.7 Å². The third kappa shape index (κ3) is 22.4.